The maximum absolute atomic E-state index is 14.0. The minimum atomic E-state index is -2.58. The van der Waals surface area contributed by atoms with Gasteiger partial charge in [0, 0.05) is 0 Å². The van der Waals surface area contributed by atoms with E-state index < -0.39 is 18.4 Å². The van der Waals surface area contributed by atoms with E-state index >= 15 is 0 Å². The molecule has 0 aliphatic rings. The van der Waals surface area contributed by atoms with E-state index in [1.54, 1.807) is 2.89 Å². The SMILES string of the molecule is CCCCCCCCCCC(CCCCCCCC)COC(=O)c1cc2c[c]([Sn]([CH2]CCC)([CH2]CCC)[CH2]CCC)sc2c2sc(C)cc12. The molecule has 0 saturated carbocycles. The van der Waals surface area contributed by atoms with Crippen molar-refractivity contribution < 1.29 is 9.53 Å². The van der Waals surface area contributed by atoms with Gasteiger partial charge in [0.15, 0.2) is 0 Å². The molecule has 3 aromatic rings. The number of thiophene rings is 2. The van der Waals surface area contributed by atoms with Crippen molar-refractivity contribution >= 4 is 70.1 Å². The van der Waals surface area contributed by atoms with Gasteiger partial charge >= 0.3 is 239 Å². The number of unbranched alkanes of at least 4 members (excludes halogenated alkanes) is 15. The van der Waals surface area contributed by atoms with E-state index in [1.807, 2.05) is 11.3 Å². The molecule has 1 aromatic carbocycles. The molecule has 5 heteroatoms. The second kappa shape index (κ2) is 24.6. The average Bonchev–Trinajstić information content (AvgIpc) is 3.72. The van der Waals surface area contributed by atoms with Gasteiger partial charge in [-0.3, -0.25) is 0 Å². The van der Waals surface area contributed by atoms with E-state index in [9.17, 15) is 4.79 Å². The van der Waals surface area contributed by atoms with Crippen LogP contribution in [0.2, 0.25) is 13.3 Å². The summed E-state index contributed by atoms with van der Waals surface area (Å²) in [7, 11) is 0. The Morgan fingerprint density at radius 3 is 1.61 bits per heavy atom. The van der Waals surface area contributed by atoms with Gasteiger partial charge in [-0.25, -0.2) is 0 Å². The Labute approximate surface area is 314 Å². The van der Waals surface area contributed by atoms with Gasteiger partial charge < -0.3 is 0 Å². The molecule has 2 nitrogen and oxygen atoms in total. The van der Waals surface area contributed by atoms with Crippen LogP contribution in [0.15, 0.2) is 18.2 Å². The van der Waals surface area contributed by atoms with Gasteiger partial charge in [-0.05, 0) is 0 Å². The number of ether oxygens (including phenoxy) is 1. The molecule has 1 unspecified atom stereocenters. The number of rotatable bonds is 29. The van der Waals surface area contributed by atoms with E-state index in [4.69, 9.17) is 4.74 Å². The summed E-state index contributed by atoms with van der Waals surface area (Å²) in [5, 5.41) is 2.43. The van der Waals surface area contributed by atoms with Crippen LogP contribution in [0.1, 0.15) is 191 Å². The van der Waals surface area contributed by atoms with Crippen LogP contribution in [-0.4, -0.2) is 31.0 Å². The first-order chi connectivity index (χ1) is 23.9. The first-order valence-corrected chi connectivity index (χ1v) is 30.2. The molecule has 0 radical (unpaired) electrons. The molecule has 278 valence electrons. The van der Waals surface area contributed by atoms with Crippen molar-refractivity contribution in [1.29, 1.82) is 0 Å². The summed E-state index contributed by atoms with van der Waals surface area (Å²) < 4.78 is 15.3. The van der Waals surface area contributed by atoms with E-state index in [1.165, 1.54) is 174 Å². The number of benzene rings is 1. The van der Waals surface area contributed by atoms with Crippen molar-refractivity contribution in [3.63, 3.8) is 0 Å². The van der Waals surface area contributed by atoms with Gasteiger partial charge in [-0.15, -0.1) is 0 Å². The molecule has 1 atom stereocenters. The molecule has 0 aliphatic carbocycles. The normalized spacial score (nSPS) is 12.8. The summed E-state index contributed by atoms with van der Waals surface area (Å²) in [5.41, 5.74) is 0.804. The average molecular weight is 818 g/mol. The molecule has 0 amide bonds. The van der Waals surface area contributed by atoms with E-state index in [0.29, 0.717) is 12.5 Å². The molecule has 2 heterocycles. The zero-order valence-corrected chi connectivity index (χ0v) is 37.3. The number of fused-ring (bicyclic) bond motifs is 3. The Hall–Kier alpha value is -0.591. The second-order valence-electron chi connectivity index (χ2n) is 15.4. The summed E-state index contributed by atoms with van der Waals surface area (Å²) in [6, 6.07) is 7.06. The van der Waals surface area contributed by atoms with Gasteiger partial charge in [-0.2, -0.15) is 0 Å². The van der Waals surface area contributed by atoms with Crippen LogP contribution in [-0.2, 0) is 4.74 Å². The molecular formula is C44H74O2S2Sn. The Morgan fingerprint density at radius 1 is 0.612 bits per heavy atom. The van der Waals surface area contributed by atoms with E-state index in [0.717, 1.165) is 10.9 Å². The van der Waals surface area contributed by atoms with Crippen LogP contribution < -0.4 is 2.89 Å². The number of carbonyl (C=O) groups is 1. The predicted molar refractivity (Wildman–Crippen MR) is 225 cm³/mol. The molecule has 49 heavy (non-hydrogen) atoms. The number of hydrogen-bond acceptors (Lipinski definition) is 4. The molecule has 0 bridgehead atoms. The maximum atomic E-state index is 14.0. The number of carbonyl (C=O) groups excluding carboxylic acids is 1. The molecule has 0 spiro atoms. The first-order valence-electron chi connectivity index (χ1n) is 21.1. The third kappa shape index (κ3) is 14.1. The Kier molecular flexibility index (Phi) is 21.5. The van der Waals surface area contributed by atoms with Crippen molar-refractivity contribution in [2.45, 2.75) is 196 Å². The third-order valence-corrected chi connectivity index (χ3v) is 31.6. The fourth-order valence-electron chi connectivity index (χ4n) is 7.89. The van der Waals surface area contributed by atoms with Gasteiger partial charge in [0.05, 0.1) is 0 Å². The molecule has 2 aromatic heterocycles. The summed E-state index contributed by atoms with van der Waals surface area (Å²) in [4.78, 5) is 15.3. The van der Waals surface area contributed by atoms with Crippen LogP contribution >= 0.6 is 22.7 Å². The fraction of sp³-hybridized carbons (Fsp3) is 0.750. The third-order valence-electron chi connectivity index (χ3n) is 11.1. The quantitative estimate of drug-likeness (QED) is 0.0396. The fourth-order valence-corrected chi connectivity index (χ4v) is 29.4. The molecule has 0 fully saturated rings. The standard InChI is InChI=1S/C32H47O2S2.3C4H9.Sn/c1-4-6-8-10-12-13-15-17-19-26(18-16-14-11-9-7-5-2)24-34-32(33)29-23-27-20-21-35-30(27)31-28(29)22-25(3)36-31;3*1-3-4-2;/h20,22-23,26H,4-19,24H2,1-3H3;3*1,3-4H2,2H3;. The predicted octanol–water partition coefficient (Wildman–Crippen LogP) is 15.5. The summed E-state index contributed by atoms with van der Waals surface area (Å²) >= 11 is 1.43. The van der Waals surface area contributed by atoms with Gasteiger partial charge in [-0.1, -0.05) is 78.1 Å². The van der Waals surface area contributed by atoms with Crippen LogP contribution in [0.25, 0.3) is 20.2 Å². The van der Waals surface area contributed by atoms with Crippen LogP contribution in [0.5, 0.6) is 0 Å². The minimum absolute atomic E-state index is 0.0981. The Morgan fingerprint density at radius 2 is 1.10 bits per heavy atom. The molecule has 0 saturated heterocycles. The van der Waals surface area contributed by atoms with E-state index in [2.05, 4.69) is 71.1 Å². The topological polar surface area (TPSA) is 26.3 Å². The number of hydrogen-bond donors (Lipinski definition) is 0. The van der Waals surface area contributed by atoms with Gasteiger partial charge in [0.1, 0.15) is 0 Å². The second-order valence-corrected chi connectivity index (χ2v) is 31.9. The monoisotopic (exact) mass is 818 g/mol. The van der Waals surface area contributed by atoms with Crippen molar-refractivity contribution in [1.82, 2.24) is 0 Å². The van der Waals surface area contributed by atoms with Crippen molar-refractivity contribution in [2.75, 3.05) is 6.61 Å². The van der Waals surface area contributed by atoms with Gasteiger partial charge in [0.25, 0.3) is 0 Å². The van der Waals surface area contributed by atoms with Crippen molar-refractivity contribution in [2.24, 2.45) is 5.92 Å². The summed E-state index contributed by atoms with van der Waals surface area (Å²) in [6.45, 7) is 14.5. The first kappa shape index (κ1) is 42.8. The number of aryl methyl sites for hydroxylation is 1. The molecule has 3 rings (SSSR count). The van der Waals surface area contributed by atoms with E-state index in [-0.39, 0.29) is 5.97 Å². The number of esters is 1. The molecular weight excluding hydrogens is 743 g/mol. The molecule has 0 N–H and O–H groups in total. The van der Waals surface area contributed by atoms with Crippen LogP contribution in [0.3, 0.4) is 0 Å². The van der Waals surface area contributed by atoms with Gasteiger partial charge in [0.2, 0.25) is 0 Å². The summed E-state index contributed by atoms with van der Waals surface area (Å²) in [5.74, 6) is 0.385. The molecule has 0 aliphatic heterocycles. The zero-order valence-electron chi connectivity index (χ0n) is 32.8. The van der Waals surface area contributed by atoms with Crippen molar-refractivity contribution in [3.05, 3.63) is 28.6 Å². The van der Waals surface area contributed by atoms with Crippen LogP contribution in [0.4, 0.5) is 0 Å². The Balaban J connectivity index is 1.79. The summed E-state index contributed by atoms with van der Waals surface area (Å²) in [6.07, 6.45) is 29.1. The zero-order chi connectivity index (χ0) is 35.3. The Bertz CT molecular complexity index is 1300. The van der Waals surface area contributed by atoms with Crippen molar-refractivity contribution in [3.8, 4) is 0 Å². The van der Waals surface area contributed by atoms with Crippen LogP contribution in [0, 0.1) is 12.8 Å².